The predicted molar refractivity (Wildman–Crippen MR) is 66.6 cm³/mol. The highest BCUT2D eigenvalue weighted by Gasteiger charge is 2.07. The number of halogens is 1. The average molecular weight is 245 g/mol. The van der Waals surface area contributed by atoms with Crippen LogP contribution in [0.4, 0.5) is 0 Å². The smallest absolute Gasteiger partial charge is 0.107 e. The number of ether oxygens (including phenoxy) is 1. The summed E-state index contributed by atoms with van der Waals surface area (Å²) >= 11 is 6.08. The summed E-state index contributed by atoms with van der Waals surface area (Å²) in [6, 6.07) is 0. The molecule has 0 aliphatic carbocycles. The lowest BCUT2D eigenvalue weighted by molar-refractivity contribution is 0.115. The molecule has 1 aromatic rings. The first-order valence-corrected chi connectivity index (χ1v) is 6.30. The SMILES string of the molecule is CCCCOCc1nn(CC(C)C)cc1Cl. The maximum Gasteiger partial charge on any atom is 0.107 e. The molecule has 0 aliphatic rings. The van der Waals surface area contributed by atoms with Gasteiger partial charge in [0.2, 0.25) is 0 Å². The van der Waals surface area contributed by atoms with Gasteiger partial charge in [-0.2, -0.15) is 5.10 Å². The third kappa shape index (κ3) is 4.54. The largest absolute Gasteiger partial charge is 0.375 e. The summed E-state index contributed by atoms with van der Waals surface area (Å²) in [4.78, 5) is 0. The van der Waals surface area contributed by atoms with Gasteiger partial charge in [-0.15, -0.1) is 0 Å². The highest BCUT2D eigenvalue weighted by Crippen LogP contribution is 2.15. The van der Waals surface area contributed by atoms with Crippen molar-refractivity contribution in [2.75, 3.05) is 6.61 Å². The van der Waals surface area contributed by atoms with Crippen molar-refractivity contribution >= 4 is 11.6 Å². The van der Waals surface area contributed by atoms with E-state index in [1.807, 2.05) is 10.9 Å². The summed E-state index contributed by atoms with van der Waals surface area (Å²) in [5, 5.41) is 5.11. The Labute approximate surface area is 103 Å². The van der Waals surface area contributed by atoms with Gasteiger partial charge in [0.05, 0.1) is 11.6 Å². The van der Waals surface area contributed by atoms with Crippen molar-refractivity contribution in [2.45, 2.75) is 46.8 Å². The van der Waals surface area contributed by atoms with Gasteiger partial charge < -0.3 is 4.74 Å². The molecule has 0 fully saturated rings. The van der Waals surface area contributed by atoms with Crippen LogP contribution >= 0.6 is 11.6 Å². The maximum atomic E-state index is 6.08. The number of rotatable bonds is 7. The molecule has 1 aromatic heterocycles. The van der Waals surface area contributed by atoms with Crippen LogP contribution < -0.4 is 0 Å². The van der Waals surface area contributed by atoms with Crippen LogP contribution in [-0.4, -0.2) is 16.4 Å². The molecule has 0 saturated heterocycles. The Morgan fingerprint density at radius 1 is 1.50 bits per heavy atom. The summed E-state index contributed by atoms with van der Waals surface area (Å²) in [7, 11) is 0. The third-order valence-corrected chi connectivity index (χ3v) is 2.54. The van der Waals surface area contributed by atoms with E-state index in [0.29, 0.717) is 17.5 Å². The van der Waals surface area contributed by atoms with Crippen LogP contribution in [-0.2, 0) is 17.9 Å². The van der Waals surface area contributed by atoms with Gasteiger partial charge in [-0.05, 0) is 12.3 Å². The van der Waals surface area contributed by atoms with Crippen molar-refractivity contribution in [1.82, 2.24) is 9.78 Å². The summed E-state index contributed by atoms with van der Waals surface area (Å²) in [6.07, 6.45) is 4.11. The molecule has 1 rings (SSSR count). The van der Waals surface area contributed by atoms with Crippen molar-refractivity contribution in [3.8, 4) is 0 Å². The number of aromatic nitrogens is 2. The van der Waals surface area contributed by atoms with Crippen LogP contribution in [0.3, 0.4) is 0 Å². The Morgan fingerprint density at radius 2 is 2.25 bits per heavy atom. The minimum atomic E-state index is 0.518. The average Bonchev–Trinajstić information content (AvgIpc) is 2.53. The van der Waals surface area contributed by atoms with Crippen LogP contribution in [0.1, 0.15) is 39.3 Å². The first-order valence-electron chi connectivity index (χ1n) is 5.93. The summed E-state index contributed by atoms with van der Waals surface area (Å²) < 4.78 is 7.39. The molecule has 0 saturated carbocycles. The molecular formula is C12H21ClN2O. The topological polar surface area (TPSA) is 27.1 Å². The molecular weight excluding hydrogens is 224 g/mol. The van der Waals surface area contributed by atoms with Crippen molar-refractivity contribution in [1.29, 1.82) is 0 Å². The molecule has 0 bridgehead atoms. The molecule has 0 atom stereocenters. The Hall–Kier alpha value is -0.540. The molecule has 0 aliphatic heterocycles. The van der Waals surface area contributed by atoms with E-state index in [0.717, 1.165) is 31.7 Å². The molecule has 0 amide bonds. The Morgan fingerprint density at radius 3 is 2.88 bits per heavy atom. The van der Waals surface area contributed by atoms with Crippen LogP contribution in [0, 0.1) is 5.92 Å². The summed E-state index contributed by atoms with van der Waals surface area (Å²) in [5.41, 5.74) is 0.846. The molecule has 0 aromatic carbocycles. The monoisotopic (exact) mass is 244 g/mol. The summed E-state index contributed by atoms with van der Waals surface area (Å²) in [6.45, 7) is 8.66. The third-order valence-electron chi connectivity index (χ3n) is 2.22. The van der Waals surface area contributed by atoms with E-state index in [9.17, 15) is 0 Å². The van der Waals surface area contributed by atoms with Gasteiger partial charge in [-0.1, -0.05) is 38.8 Å². The van der Waals surface area contributed by atoms with Crippen molar-refractivity contribution in [3.05, 3.63) is 16.9 Å². The van der Waals surface area contributed by atoms with E-state index in [1.165, 1.54) is 0 Å². The molecule has 4 heteroatoms. The zero-order chi connectivity index (χ0) is 12.0. The molecule has 92 valence electrons. The van der Waals surface area contributed by atoms with Crippen LogP contribution in [0.2, 0.25) is 5.02 Å². The van der Waals surface area contributed by atoms with Gasteiger partial charge in [-0.3, -0.25) is 4.68 Å². The standard InChI is InChI=1S/C12H21ClN2O/c1-4-5-6-16-9-12-11(13)8-15(14-12)7-10(2)3/h8,10H,4-7,9H2,1-3H3. The molecule has 0 radical (unpaired) electrons. The van der Waals surface area contributed by atoms with Crippen molar-refractivity contribution < 1.29 is 4.74 Å². The highest BCUT2D eigenvalue weighted by molar-refractivity contribution is 6.31. The molecule has 1 heterocycles. The van der Waals surface area contributed by atoms with Gasteiger partial charge in [0.15, 0.2) is 0 Å². The zero-order valence-electron chi connectivity index (χ0n) is 10.4. The van der Waals surface area contributed by atoms with Gasteiger partial charge >= 0.3 is 0 Å². The Kier molecular flexibility index (Phi) is 5.85. The molecule has 16 heavy (non-hydrogen) atoms. The van der Waals surface area contributed by atoms with E-state index >= 15 is 0 Å². The lowest BCUT2D eigenvalue weighted by atomic mass is 10.2. The van der Waals surface area contributed by atoms with Crippen LogP contribution in [0.15, 0.2) is 6.20 Å². The molecule has 0 N–H and O–H groups in total. The first-order chi connectivity index (χ1) is 7.63. The molecule has 0 spiro atoms. The van der Waals surface area contributed by atoms with Crippen molar-refractivity contribution in [2.24, 2.45) is 5.92 Å². The fourth-order valence-corrected chi connectivity index (χ4v) is 1.62. The second kappa shape index (κ2) is 6.92. The fourth-order valence-electron chi connectivity index (χ4n) is 1.42. The maximum absolute atomic E-state index is 6.08. The first kappa shape index (κ1) is 13.5. The summed E-state index contributed by atoms with van der Waals surface area (Å²) in [5.74, 6) is 0.574. The van der Waals surface area contributed by atoms with Gasteiger partial charge in [0.25, 0.3) is 0 Å². The van der Waals surface area contributed by atoms with Gasteiger partial charge in [0.1, 0.15) is 5.69 Å². The van der Waals surface area contributed by atoms with Gasteiger partial charge in [0, 0.05) is 19.3 Å². The van der Waals surface area contributed by atoms with E-state index in [2.05, 4.69) is 25.9 Å². The number of hydrogen-bond donors (Lipinski definition) is 0. The lowest BCUT2D eigenvalue weighted by Gasteiger charge is -2.04. The minimum absolute atomic E-state index is 0.518. The second-order valence-corrected chi connectivity index (χ2v) is 4.85. The lowest BCUT2D eigenvalue weighted by Crippen LogP contribution is -2.05. The highest BCUT2D eigenvalue weighted by atomic mass is 35.5. The second-order valence-electron chi connectivity index (χ2n) is 4.45. The number of hydrogen-bond acceptors (Lipinski definition) is 2. The van der Waals surface area contributed by atoms with Crippen molar-refractivity contribution in [3.63, 3.8) is 0 Å². The van der Waals surface area contributed by atoms with E-state index in [-0.39, 0.29) is 0 Å². The van der Waals surface area contributed by atoms with E-state index < -0.39 is 0 Å². The van der Waals surface area contributed by atoms with Gasteiger partial charge in [-0.25, -0.2) is 0 Å². The predicted octanol–water partition coefficient (Wildman–Crippen LogP) is 3.51. The Balaban J connectivity index is 2.43. The minimum Gasteiger partial charge on any atom is -0.375 e. The fraction of sp³-hybridized carbons (Fsp3) is 0.750. The quantitative estimate of drug-likeness (QED) is 0.687. The molecule has 0 unspecified atom stereocenters. The van der Waals surface area contributed by atoms with Crippen LogP contribution in [0.25, 0.3) is 0 Å². The van der Waals surface area contributed by atoms with E-state index in [4.69, 9.17) is 16.3 Å². The molecule has 3 nitrogen and oxygen atoms in total. The Bertz CT molecular complexity index is 310. The number of nitrogens with zero attached hydrogens (tertiary/aromatic N) is 2. The normalized spacial score (nSPS) is 11.3. The van der Waals surface area contributed by atoms with Crippen LogP contribution in [0.5, 0.6) is 0 Å². The van der Waals surface area contributed by atoms with E-state index in [1.54, 1.807) is 0 Å². The number of unbranched alkanes of at least 4 members (excludes halogenated alkanes) is 1. The zero-order valence-corrected chi connectivity index (χ0v) is 11.1.